The molecular formula is C27H36N2S2. The molecule has 166 valence electrons. The summed E-state index contributed by atoms with van der Waals surface area (Å²) in [7, 11) is 0. The fourth-order valence-electron chi connectivity index (χ4n) is 7.79. The number of hydrogen-bond donors (Lipinski definition) is 1. The van der Waals surface area contributed by atoms with Crippen LogP contribution < -0.4 is 5.73 Å². The zero-order valence-electron chi connectivity index (χ0n) is 18.5. The van der Waals surface area contributed by atoms with Crippen LogP contribution in [0.5, 0.6) is 0 Å². The Morgan fingerprint density at radius 2 is 1.84 bits per heavy atom. The summed E-state index contributed by atoms with van der Waals surface area (Å²) < 4.78 is 0. The van der Waals surface area contributed by atoms with Crippen molar-refractivity contribution in [2.24, 2.45) is 39.8 Å². The first kappa shape index (κ1) is 20.9. The molecule has 4 heteroatoms. The summed E-state index contributed by atoms with van der Waals surface area (Å²) in [6, 6.07) is 11.4. The van der Waals surface area contributed by atoms with Crippen LogP contribution in [0.2, 0.25) is 0 Å². The minimum atomic E-state index is 0.172. The van der Waals surface area contributed by atoms with Crippen molar-refractivity contribution in [1.82, 2.24) is 0 Å². The van der Waals surface area contributed by atoms with Crippen LogP contribution in [0.1, 0.15) is 69.8 Å². The molecule has 4 bridgehead atoms. The van der Waals surface area contributed by atoms with Gasteiger partial charge in [-0.05, 0) is 105 Å². The van der Waals surface area contributed by atoms with Crippen molar-refractivity contribution in [1.29, 1.82) is 0 Å². The van der Waals surface area contributed by atoms with Crippen molar-refractivity contribution in [2.45, 2.75) is 80.1 Å². The smallest absolute Gasteiger partial charge is 0.109 e. The van der Waals surface area contributed by atoms with Gasteiger partial charge in [0.25, 0.3) is 0 Å². The molecule has 6 aliphatic carbocycles. The van der Waals surface area contributed by atoms with E-state index in [9.17, 15) is 0 Å². The van der Waals surface area contributed by atoms with Gasteiger partial charge in [-0.2, -0.15) is 11.8 Å². The summed E-state index contributed by atoms with van der Waals surface area (Å²) in [6.07, 6.45) is 15.3. The maximum absolute atomic E-state index is 6.18. The third kappa shape index (κ3) is 3.56. The van der Waals surface area contributed by atoms with E-state index < -0.39 is 0 Å². The number of thiocarbonyl (C=S) groups is 1. The van der Waals surface area contributed by atoms with Gasteiger partial charge in [-0.1, -0.05) is 42.5 Å². The Morgan fingerprint density at radius 3 is 2.55 bits per heavy atom. The molecule has 0 aliphatic heterocycles. The first-order chi connectivity index (χ1) is 15.1. The highest BCUT2D eigenvalue weighted by atomic mass is 32.2. The number of benzene rings is 1. The van der Waals surface area contributed by atoms with Gasteiger partial charge < -0.3 is 5.73 Å². The van der Waals surface area contributed by atoms with Gasteiger partial charge in [0, 0.05) is 22.1 Å². The molecule has 1 aromatic carbocycles. The van der Waals surface area contributed by atoms with Gasteiger partial charge in [0.05, 0.1) is 0 Å². The molecule has 0 aromatic heterocycles. The van der Waals surface area contributed by atoms with E-state index in [2.05, 4.69) is 48.3 Å². The molecule has 5 atom stereocenters. The second-order valence-electron chi connectivity index (χ2n) is 11.4. The third-order valence-electron chi connectivity index (χ3n) is 9.43. The average molecular weight is 453 g/mol. The Morgan fingerprint density at radius 1 is 1.06 bits per heavy atom. The number of rotatable bonds is 6. The fraction of sp³-hybridized carbons (Fsp3) is 0.704. The summed E-state index contributed by atoms with van der Waals surface area (Å²) in [6.45, 7) is 0.843. The van der Waals surface area contributed by atoms with E-state index in [0.29, 0.717) is 11.3 Å². The lowest BCUT2D eigenvalue weighted by Gasteiger charge is -2.43. The molecule has 6 saturated carbocycles. The Bertz CT molecular complexity index is 857. The highest BCUT2D eigenvalue weighted by molar-refractivity contribution is 8.00. The Balaban J connectivity index is 1.25. The summed E-state index contributed by atoms with van der Waals surface area (Å²) in [5.41, 5.74) is 7.96. The zero-order chi connectivity index (χ0) is 21.1. The van der Waals surface area contributed by atoms with Gasteiger partial charge >= 0.3 is 0 Å². The average Bonchev–Trinajstić information content (AvgIpc) is 3.56. The minimum absolute atomic E-state index is 0.172. The normalized spacial score (nSPS) is 43.7. The lowest BCUT2D eigenvalue weighted by atomic mass is 9.63. The van der Waals surface area contributed by atoms with Crippen LogP contribution in [0.25, 0.3) is 0 Å². The maximum atomic E-state index is 6.18. The van der Waals surface area contributed by atoms with Crippen LogP contribution in [-0.2, 0) is 5.41 Å². The lowest BCUT2D eigenvalue weighted by molar-refractivity contribution is 0.221. The van der Waals surface area contributed by atoms with Crippen molar-refractivity contribution in [3.63, 3.8) is 0 Å². The van der Waals surface area contributed by atoms with Crippen molar-refractivity contribution in [3.05, 3.63) is 35.9 Å². The van der Waals surface area contributed by atoms with Gasteiger partial charge in [0.15, 0.2) is 0 Å². The Kier molecular flexibility index (Phi) is 5.35. The largest absolute Gasteiger partial charge is 0.330 e. The zero-order valence-corrected chi connectivity index (χ0v) is 20.2. The van der Waals surface area contributed by atoms with Crippen molar-refractivity contribution in [3.8, 4) is 0 Å². The van der Waals surface area contributed by atoms with Gasteiger partial charge in [-0.25, -0.2) is 0 Å². The van der Waals surface area contributed by atoms with Crippen molar-refractivity contribution < 1.29 is 0 Å². The molecule has 7 rings (SSSR count). The SMILES string of the molecule is NCC1CCC(C=NC(=S)C23CC4CC(c5ccccc5)(CC2C4SC2CC2)C3)CC1. The first-order valence-electron chi connectivity index (χ1n) is 12.6. The van der Waals surface area contributed by atoms with E-state index in [4.69, 9.17) is 22.9 Å². The second-order valence-corrected chi connectivity index (χ2v) is 13.2. The molecule has 6 aliphatic rings. The quantitative estimate of drug-likeness (QED) is 0.414. The summed E-state index contributed by atoms with van der Waals surface area (Å²) >= 11 is 8.52. The highest BCUT2D eigenvalue weighted by Crippen LogP contribution is 2.74. The predicted molar refractivity (Wildman–Crippen MR) is 136 cm³/mol. The summed E-state index contributed by atoms with van der Waals surface area (Å²) in [4.78, 5) is 6.14. The number of nitrogens with zero attached hydrogens (tertiary/aromatic N) is 1. The first-order valence-corrected chi connectivity index (χ1v) is 14.0. The van der Waals surface area contributed by atoms with E-state index in [-0.39, 0.29) is 5.41 Å². The number of nitrogens with two attached hydrogens (primary N) is 1. The van der Waals surface area contributed by atoms with E-state index in [1.807, 2.05) is 0 Å². The van der Waals surface area contributed by atoms with Crippen LogP contribution in [0.15, 0.2) is 35.3 Å². The molecule has 2 N–H and O–H groups in total. The van der Waals surface area contributed by atoms with Gasteiger partial charge in [-0.3, -0.25) is 4.99 Å². The van der Waals surface area contributed by atoms with E-state index in [0.717, 1.165) is 39.8 Å². The summed E-state index contributed by atoms with van der Waals surface area (Å²) in [5.74, 6) is 2.89. The predicted octanol–water partition coefficient (Wildman–Crippen LogP) is 6.17. The molecule has 5 unspecified atom stereocenters. The Hall–Kier alpha value is -0.710. The lowest BCUT2D eigenvalue weighted by Crippen LogP contribution is -2.38. The molecule has 0 spiro atoms. The topological polar surface area (TPSA) is 38.4 Å². The molecule has 31 heavy (non-hydrogen) atoms. The number of aliphatic imine (C=N–C) groups is 1. The Labute approximate surface area is 197 Å². The monoisotopic (exact) mass is 452 g/mol. The number of thioether (sulfide) groups is 1. The van der Waals surface area contributed by atoms with Gasteiger partial charge in [0.1, 0.15) is 4.99 Å². The standard InChI is InChI=1S/C27H36N2S2/c28-15-18-6-8-19(9-7-18)16-29-25(30)27-13-20-12-26(17-27,21-4-2-1-3-5-21)14-23(27)24(20)31-22-10-11-22/h1-5,16,18-20,22-24H,6-15,17,28H2. The van der Waals surface area contributed by atoms with Crippen LogP contribution in [0, 0.1) is 29.1 Å². The van der Waals surface area contributed by atoms with Crippen LogP contribution in [0.3, 0.4) is 0 Å². The highest BCUT2D eigenvalue weighted by Gasteiger charge is 2.70. The minimum Gasteiger partial charge on any atom is -0.330 e. The molecule has 1 aromatic rings. The maximum Gasteiger partial charge on any atom is 0.109 e. The molecule has 0 amide bonds. The summed E-state index contributed by atoms with van der Waals surface area (Å²) in [5, 5.41) is 1.75. The molecule has 0 heterocycles. The second kappa shape index (κ2) is 7.95. The number of hydrogen-bond acceptors (Lipinski definition) is 3. The molecule has 0 radical (unpaired) electrons. The third-order valence-corrected chi connectivity index (χ3v) is 11.8. The van der Waals surface area contributed by atoms with Gasteiger partial charge in [-0.15, -0.1) is 0 Å². The van der Waals surface area contributed by atoms with Crippen LogP contribution in [0.4, 0.5) is 0 Å². The molecular weight excluding hydrogens is 416 g/mol. The van der Waals surface area contributed by atoms with Gasteiger partial charge in [0.2, 0.25) is 0 Å². The van der Waals surface area contributed by atoms with Crippen LogP contribution in [-0.4, -0.2) is 28.2 Å². The fourth-order valence-corrected chi connectivity index (χ4v) is 9.98. The van der Waals surface area contributed by atoms with Crippen LogP contribution >= 0.6 is 24.0 Å². The molecule has 2 nitrogen and oxygen atoms in total. The van der Waals surface area contributed by atoms with E-state index >= 15 is 0 Å². The van der Waals surface area contributed by atoms with Crippen molar-refractivity contribution in [2.75, 3.05) is 6.54 Å². The molecule has 6 fully saturated rings. The van der Waals surface area contributed by atoms with E-state index in [1.165, 1.54) is 64.2 Å². The molecule has 0 saturated heterocycles. The van der Waals surface area contributed by atoms with E-state index in [1.54, 1.807) is 5.56 Å². The van der Waals surface area contributed by atoms with Crippen molar-refractivity contribution >= 4 is 35.2 Å².